The van der Waals surface area contributed by atoms with Gasteiger partial charge in [0, 0.05) is 13.1 Å². The van der Waals surface area contributed by atoms with Gasteiger partial charge in [-0.1, -0.05) is 20.3 Å². The number of hydrogen-bond donors (Lipinski definition) is 2. The molecule has 1 rings (SSSR count). The highest BCUT2D eigenvalue weighted by Gasteiger charge is 2.42. The summed E-state index contributed by atoms with van der Waals surface area (Å²) in [6.45, 7) is 4.42. The van der Waals surface area contributed by atoms with E-state index in [1.807, 2.05) is 13.8 Å². The van der Waals surface area contributed by atoms with Crippen molar-refractivity contribution in [2.45, 2.75) is 58.5 Å². The number of alkyl halides is 3. The van der Waals surface area contributed by atoms with Crippen molar-refractivity contribution < 1.29 is 18.0 Å². The predicted molar refractivity (Wildman–Crippen MR) is 76.6 cm³/mol. The first-order valence-corrected chi connectivity index (χ1v) is 7.84. The molecule has 0 aromatic rings. The van der Waals surface area contributed by atoms with E-state index in [4.69, 9.17) is 5.73 Å². The van der Waals surface area contributed by atoms with Gasteiger partial charge in [-0.15, -0.1) is 0 Å². The lowest BCUT2D eigenvalue weighted by Gasteiger charge is -2.33. The molecule has 1 fully saturated rings. The van der Waals surface area contributed by atoms with Gasteiger partial charge in [0.2, 0.25) is 5.91 Å². The molecule has 124 valence electrons. The molecular formula is C15H27F3N2O. The molecule has 0 aliphatic heterocycles. The molecular weight excluding hydrogens is 281 g/mol. The minimum Gasteiger partial charge on any atom is -0.355 e. The first-order valence-electron chi connectivity index (χ1n) is 7.84. The van der Waals surface area contributed by atoms with Crippen molar-refractivity contribution in [1.82, 2.24) is 5.32 Å². The van der Waals surface area contributed by atoms with Gasteiger partial charge in [-0.2, -0.15) is 13.2 Å². The van der Waals surface area contributed by atoms with Crippen LogP contribution in [0.4, 0.5) is 13.2 Å². The van der Waals surface area contributed by atoms with Crippen molar-refractivity contribution in [3.05, 3.63) is 0 Å². The van der Waals surface area contributed by atoms with Crippen LogP contribution in [0.3, 0.4) is 0 Å². The Hall–Kier alpha value is -0.780. The van der Waals surface area contributed by atoms with Gasteiger partial charge >= 0.3 is 6.18 Å². The first-order chi connectivity index (χ1) is 9.79. The summed E-state index contributed by atoms with van der Waals surface area (Å²) >= 11 is 0. The van der Waals surface area contributed by atoms with Crippen molar-refractivity contribution >= 4 is 5.91 Å². The molecule has 2 unspecified atom stereocenters. The van der Waals surface area contributed by atoms with E-state index in [0.717, 1.165) is 6.42 Å². The van der Waals surface area contributed by atoms with Crippen LogP contribution < -0.4 is 11.1 Å². The van der Waals surface area contributed by atoms with E-state index in [1.54, 1.807) is 0 Å². The third-order valence-electron chi connectivity index (χ3n) is 5.02. The third kappa shape index (κ3) is 4.59. The monoisotopic (exact) mass is 308 g/mol. The number of carbonyl (C=O) groups is 1. The molecule has 0 spiro atoms. The van der Waals surface area contributed by atoms with Gasteiger partial charge in [0.15, 0.2) is 0 Å². The second kappa shape index (κ2) is 7.47. The fourth-order valence-electron chi connectivity index (χ4n) is 3.15. The van der Waals surface area contributed by atoms with E-state index < -0.39 is 17.5 Å². The van der Waals surface area contributed by atoms with Crippen LogP contribution in [0.5, 0.6) is 0 Å². The number of nitrogens with two attached hydrogens (primary N) is 1. The number of halogens is 3. The highest BCUT2D eigenvalue weighted by atomic mass is 19.4. The smallest absolute Gasteiger partial charge is 0.355 e. The van der Waals surface area contributed by atoms with E-state index in [0.29, 0.717) is 25.8 Å². The van der Waals surface area contributed by atoms with Gasteiger partial charge in [-0.25, -0.2) is 0 Å². The highest BCUT2D eigenvalue weighted by Crippen LogP contribution is 2.39. The van der Waals surface area contributed by atoms with Crippen molar-refractivity contribution in [2.75, 3.05) is 13.1 Å². The molecule has 0 bridgehead atoms. The van der Waals surface area contributed by atoms with Gasteiger partial charge in [-0.05, 0) is 38.0 Å². The Morgan fingerprint density at radius 3 is 2.33 bits per heavy atom. The molecule has 0 radical (unpaired) electrons. The van der Waals surface area contributed by atoms with E-state index in [-0.39, 0.29) is 31.2 Å². The Kier molecular flexibility index (Phi) is 6.50. The maximum absolute atomic E-state index is 12.8. The van der Waals surface area contributed by atoms with Gasteiger partial charge in [0.05, 0.1) is 11.3 Å². The average molecular weight is 308 g/mol. The molecule has 0 heterocycles. The standard InChI is InChI=1S/C15H27F3N2O/c1-3-14(4-2,10-19)13(21)20-9-11-6-5-7-12(8-11)15(16,17)18/h11-12H,3-10,19H2,1-2H3,(H,20,21). The average Bonchev–Trinajstić information content (AvgIpc) is 2.47. The quantitative estimate of drug-likeness (QED) is 0.791. The van der Waals surface area contributed by atoms with Crippen molar-refractivity contribution in [2.24, 2.45) is 23.0 Å². The molecule has 1 aliphatic rings. The molecule has 1 amide bonds. The lowest BCUT2D eigenvalue weighted by Crippen LogP contribution is -2.47. The molecule has 0 saturated heterocycles. The van der Waals surface area contributed by atoms with Crippen LogP contribution in [0.1, 0.15) is 52.4 Å². The van der Waals surface area contributed by atoms with Crippen molar-refractivity contribution in [1.29, 1.82) is 0 Å². The van der Waals surface area contributed by atoms with Crippen LogP contribution in [0.25, 0.3) is 0 Å². The number of nitrogens with one attached hydrogen (secondary N) is 1. The first kappa shape index (κ1) is 18.3. The lowest BCUT2D eigenvalue weighted by molar-refractivity contribution is -0.185. The van der Waals surface area contributed by atoms with Crippen LogP contribution >= 0.6 is 0 Å². The van der Waals surface area contributed by atoms with Gasteiger partial charge in [-0.3, -0.25) is 4.79 Å². The maximum Gasteiger partial charge on any atom is 0.391 e. The molecule has 0 aromatic carbocycles. The SMILES string of the molecule is CCC(CC)(CN)C(=O)NCC1CCCC(C(F)(F)F)C1. The van der Waals surface area contributed by atoms with Gasteiger partial charge in [0.1, 0.15) is 0 Å². The molecule has 0 aromatic heterocycles. The number of rotatable bonds is 6. The lowest BCUT2D eigenvalue weighted by atomic mass is 9.79. The Labute approximate surface area is 124 Å². The highest BCUT2D eigenvalue weighted by molar-refractivity contribution is 5.82. The van der Waals surface area contributed by atoms with Crippen LogP contribution in [0.15, 0.2) is 0 Å². The molecule has 6 heteroatoms. The molecule has 21 heavy (non-hydrogen) atoms. The van der Waals surface area contributed by atoms with E-state index in [2.05, 4.69) is 5.32 Å². The molecule has 3 N–H and O–H groups in total. The summed E-state index contributed by atoms with van der Waals surface area (Å²) in [5.74, 6) is -1.42. The van der Waals surface area contributed by atoms with Crippen LogP contribution in [-0.2, 0) is 4.79 Å². The van der Waals surface area contributed by atoms with Crippen LogP contribution in [0, 0.1) is 17.3 Å². The Morgan fingerprint density at radius 2 is 1.86 bits per heavy atom. The zero-order valence-electron chi connectivity index (χ0n) is 12.9. The molecule has 3 nitrogen and oxygen atoms in total. The number of amides is 1. The minimum absolute atomic E-state index is 0.0847. The number of hydrogen-bond acceptors (Lipinski definition) is 2. The minimum atomic E-state index is -4.11. The summed E-state index contributed by atoms with van der Waals surface area (Å²) < 4.78 is 38.3. The molecule has 1 aliphatic carbocycles. The Bertz CT molecular complexity index is 332. The summed E-state index contributed by atoms with van der Waals surface area (Å²) in [5.41, 5.74) is 5.12. The Morgan fingerprint density at radius 1 is 1.24 bits per heavy atom. The van der Waals surface area contributed by atoms with Gasteiger partial charge < -0.3 is 11.1 Å². The third-order valence-corrected chi connectivity index (χ3v) is 5.02. The predicted octanol–water partition coefficient (Wildman–Crippen LogP) is 3.24. The second-order valence-electron chi connectivity index (χ2n) is 6.17. The second-order valence-corrected chi connectivity index (χ2v) is 6.17. The van der Waals surface area contributed by atoms with Crippen molar-refractivity contribution in [3.8, 4) is 0 Å². The molecule has 1 saturated carbocycles. The summed E-state index contributed by atoms with van der Waals surface area (Å²) in [7, 11) is 0. The Balaban J connectivity index is 2.53. The summed E-state index contributed by atoms with van der Waals surface area (Å²) in [6.07, 6.45) is -1.17. The normalized spacial score (nSPS) is 23.9. The van der Waals surface area contributed by atoms with Crippen molar-refractivity contribution in [3.63, 3.8) is 0 Å². The zero-order valence-corrected chi connectivity index (χ0v) is 12.9. The topological polar surface area (TPSA) is 55.1 Å². The summed E-state index contributed by atoms with van der Waals surface area (Å²) in [5, 5.41) is 2.83. The fraction of sp³-hybridized carbons (Fsp3) is 0.933. The van der Waals surface area contributed by atoms with E-state index in [1.165, 1.54) is 0 Å². The molecule has 2 atom stereocenters. The summed E-state index contributed by atoms with van der Waals surface area (Å²) in [6, 6.07) is 0. The fourth-order valence-corrected chi connectivity index (χ4v) is 3.15. The maximum atomic E-state index is 12.8. The van der Waals surface area contributed by atoms with Crippen LogP contribution in [-0.4, -0.2) is 25.2 Å². The largest absolute Gasteiger partial charge is 0.391 e. The zero-order chi connectivity index (χ0) is 16.1. The van der Waals surface area contributed by atoms with E-state index >= 15 is 0 Å². The van der Waals surface area contributed by atoms with E-state index in [9.17, 15) is 18.0 Å². The van der Waals surface area contributed by atoms with Gasteiger partial charge in [0.25, 0.3) is 0 Å². The number of carbonyl (C=O) groups excluding carboxylic acids is 1. The van der Waals surface area contributed by atoms with Crippen LogP contribution in [0.2, 0.25) is 0 Å². The summed E-state index contributed by atoms with van der Waals surface area (Å²) in [4.78, 5) is 12.3.